The van der Waals surface area contributed by atoms with Gasteiger partial charge in [-0.05, 0) is 57.2 Å². The van der Waals surface area contributed by atoms with Crippen LogP contribution in [0.3, 0.4) is 0 Å². The quantitative estimate of drug-likeness (QED) is 0.865. The standard InChI is InChI=1S/C16H22FNO2/c1-10-8-16(14(12(3)20)9-15(10)17)18-6-4-13(5-7-18)11(2)19/h8-9,11,13,19H,4-7H2,1-3H3. The topological polar surface area (TPSA) is 40.5 Å². The van der Waals surface area contributed by atoms with Gasteiger partial charge in [0.2, 0.25) is 0 Å². The molecule has 1 aromatic carbocycles. The highest BCUT2D eigenvalue weighted by Crippen LogP contribution is 2.30. The lowest BCUT2D eigenvalue weighted by atomic mass is 9.91. The number of rotatable bonds is 3. The third kappa shape index (κ3) is 3.01. The number of halogens is 1. The number of anilines is 1. The maximum Gasteiger partial charge on any atom is 0.161 e. The molecule has 1 fully saturated rings. The molecule has 4 heteroatoms. The molecule has 110 valence electrons. The second kappa shape index (κ2) is 5.92. The van der Waals surface area contributed by atoms with E-state index in [-0.39, 0.29) is 17.7 Å². The molecule has 1 aliphatic heterocycles. The highest BCUT2D eigenvalue weighted by Gasteiger charge is 2.25. The number of Topliss-reactive ketones (excluding diaryl/α,β-unsaturated/α-hetero) is 1. The van der Waals surface area contributed by atoms with Gasteiger partial charge in [0.25, 0.3) is 0 Å². The summed E-state index contributed by atoms with van der Waals surface area (Å²) in [4.78, 5) is 13.8. The molecule has 0 saturated carbocycles. The van der Waals surface area contributed by atoms with Crippen molar-refractivity contribution >= 4 is 11.5 Å². The van der Waals surface area contributed by atoms with Gasteiger partial charge in [-0.2, -0.15) is 0 Å². The summed E-state index contributed by atoms with van der Waals surface area (Å²) in [5.74, 6) is -0.136. The Bertz CT molecular complexity index is 505. The number of nitrogens with zero attached hydrogens (tertiary/aromatic N) is 1. The number of benzene rings is 1. The van der Waals surface area contributed by atoms with Gasteiger partial charge in [-0.25, -0.2) is 4.39 Å². The van der Waals surface area contributed by atoms with Crippen molar-refractivity contribution in [1.29, 1.82) is 0 Å². The van der Waals surface area contributed by atoms with Gasteiger partial charge in [-0.1, -0.05) is 0 Å². The molecule has 0 bridgehead atoms. The van der Waals surface area contributed by atoms with Gasteiger partial charge >= 0.3 is 0 Å². The van der Waals surface area contributed by atoms with Crippen LogP contribution in [0.5, 0.6) is 0 Å². The van der Waals surface area contributed by atoms with Crippen molar-refractivity contribution < 1.29 is 14.3 Å². The van der Waals surface area contributed by atoms with E-state index in [1.807, 2.05) is 6.92 Å². The Hall–Kier alpha value is -1.42. The third-order valence-corrected chi connectivity index (χ3v) is 4.22. The maximum absolute atomic E-state index is 13.7. The monoisotopic (exact) mass is 279 g/mol. The molecule has 0 radical (unpaired) electrons. The minimum absolute atomic E-state index is 0.114. The number of aryl methyl sites for hydroxylation is 1. The fourth-order valence-corrected chi connectivity index (χ4v) is 2.83. The van der Waals surface area contributed by atoms with Crippen LogP contribution < -0.4 is 4.90 Å². The third-order valence-electron chi connectivity index (χ3n) is 4.22. The van der Waals surface area contributed by atoms with Crippen LogP contribution in [0.2, 0.25) is 0 Å². The van der Waals surface area contributed by atoms with E-state index in [9.17, 15) is 14.3 Å². The molecule has 1 saturated heterocycles. The van der Waals surface area contributed by atoms with Crippen LogP contribution in [0, 0.1) is 18.7 Å². The van der Waals surface area contributed by atoms with Gasteiger partial charge in [0, 0.05) is 24.3 Å². The van der Waals surface area contributed by atoms with Crippen molar-refractivity contribution in [3.63, 3.8) is 0 Å². The number of hydrogen-bond acceptors (Lipinski definition) is 3. The molecular weight excluding hydrogens is 257 g/mol. The molecule has 1 atom stereocenters. The van der Waals surface area contributed by atoms with E-state index in [1.54, 1.807) is 13.0 Å². The second-order valence-electron chi connectivity index (χ2n) is 5.74. The van der Waals surface area contributed by atoms with Crippen LogP contribution in [0.25, 0.3) is 0 Å². The normalized spacial score (nSPS) is 18.1. The first-order valence-corrected chi connectivity index (χ1v) is 7.14. The summed E-state index contributed by atoms with van der Waals surface area (Å²) in [6.45, 7) is 6.59. The van der Waals surface area contributed by atoms with Gasteiger partial charge in [-0.15, -0.1) is 0 Å². The lowest BCUT2D eigenvalue weighted by Gasteiger charge is -2.35. The summed E-state index contributed by atoms with van der Waals surface area (Å²) in [6.07, 6.45) is 1.50. The molecule has 3 nitrogen and oxygen atoms in total. The van der Waals surface area contributed by atoms with Gasteiger partial charge < -0.3 is 10.0 Å². The second-order valence-corrected chi connectivity index (χ2v) is 5.74. The zero-order chi connectivity index (χ0) is 14.9. The number of hydrogen-bond donors (Lipinski definition) is 1. The molecule has 20 heavy (non-hydrogen) atoms. The van der Waals surface area contributed by atoms with Crippen LogP contribution in [-0.4, -0.2) is 30.1 Å². The summed E-state index contributed by atoms with van der Waals surface area (Å²) < 4.78 is 13.7. The number of aliphatic hydroxyl groups excluding tert-OH is 1. The average Bonchev–Trinajstić information content (AvgIpc) is 2.41. The fourth-order valence-electron chi connectivity index (χ4n) is 2.83. The minimum Gasteiger partial charge on any atom is -0.393 e. The number of ketones is 1. The van der Waals surface area contributed by atoms with Crippen LogP contribution in [0.15, 0.2) is 12.1 Å². The molecule has 1 unspecified atom stereocenters. The van der Waals surface area contributed by atoms with Crippen molar-refractivity contribution in [3.05, 3.63) is 29.1 Å². The van der Waals surface area contributed by atoms with Crippen LogP contribution in [0.4, 0.5) is 10.1 Å². The zero-order valence-corrected chi connectivity index (χ0v) is 12.3. The zero-order valence-electron chi connectivity index (χ0n) is 12.3. The van der Waals surface area contributed by atoms with Crippen molar-refractivity contribution in [1.82, 2.24) is 0 Å². The van der Waals surface area contributed by atoms with E-state index in [0.717, 1.165) is 31.6 Å². The van der Waals surface area contributed by atoms with E-state index in [0.29, 0.717) is 17.0 Å². The summed E-state index contributed by atoms with van der Waals surface area (Å²) in [5.41, 5.74) is 1.83. The number of aliphatic hydroxyl groups is 1. The van der Waals surface area contributed by atoms with E-state index >= 15 is 0 Å². The van der Waals surface area contributed by atoms with Crippen molar-refractivity contribution in [2.45, 2.75) is 39.7 Å². The molecule has 0 aliphatic carbocycles. The van der Waals surface area contributed by atoms with Crippen molar-refractivity contribution in [3.8, 4) is 0 Å². The Morgan fingerprint density at radius 1 is 1.40 bits per heavy atom. The van der Waals surface area contributed by atoms with Gasteiger partial charge in [0.1, 0.15) is 5.82 Å². The Labute approximate surface area is 119 Å². The predicted molar refractivity (Wildman–Crippen MR) is 77.8 cm³/mol. The van der Waals surface area contributed by atoms with Crippen molar-refractivity contribution in [2.24, 2.45) is 5.92 Å². The predicted octanol–water partition coefficient (Wildman–Crippen LogP) is 2.93. The van der Waals surface area contributed by atoms with Gasteiger partial charge in [0.05, 0.1) is 6.10 Å². The molecule has 1 N–H and O–H groups in total. The van der Waals surface area contributed by atoms with Crippen molar-refractivity contribution in [2.75, 3.05) is 18.0 Å². The molecule has 1 aromatic rings. The molecule has 1 aliphatic rings. The Kier molecular flexibility index (Phi) is 4.43. The minimum atomic E-state index is -0.335. The lowest BCUT2D eigenvalue weighted by Crippen LogP contribution is -2.37. The fraction of sp³-hybridized carbons (Fsp3) is 0.562. The number of carbonyl (C=O) groups is 1. The summed E-state index contributed by atoms with van der Waals surface area (Å²) in [5, 5.41) is 9.64. The highest BCUT2D eigenvalue weighted by atomic mass is 19.1. The van der Waals surface area contributed by atoms with Gasteiger partial charge in [0.15, 0.2) is 5.78 Å². The first-order valence-electron chi connectivity index (χ1n) is 7.14. The first kappa shape index (κ1) is 15.0. The first-order chi connectivity index (χ1) is 9.40. The van der Waals surface area contributed by atoms with Crippen LogP contribution in [0.1, 0.15) is 42.6 Å². The summed E-state index contributed by atoms with van der Waals surface area (Å²) in [6, 6.07) is 3.10. The Morgan fingerprint density at radius 2 is 2.00 bits per heavy atom. The van der Waals surface area contributed by atoms with Crippen LogP contribution in [-0.2, 0) is 0 Å². The van der Waals surface area contributed by atoms with E-state index in [4.69, 9.17) is 0 Å². The number of piperidine rings is 1. The Balaban J connectivity index is 2.25. The SMILES string of the molecule is CC(=O)c1cc(F)c(C)cc1N1CCC(C(C)O)CC1. The van der Waals surface area contributed by atoms with E-state index in [1.165, 1.54) is 13.0 Å². The molecule has 0 spiro atoms. The molecule has 0 aromatic heterocycles. The lowest BCUT2D eigenvalue weighted by molar-refractivity contribution is 0.101. The average molecular weight is 279 g/mol. The maximum atomic E-state index is 13.7. The van der Waals surface area contributed by atoms with E-state index in [2.05, 4.69) is 4.90 Å². The summed E-state index contributed by atoms with van der Waals surface area (Å²) >= 11 is 0. The molecule has 0 amide bonds. The smallest absolute Gasteiger partial charge is 0.161 e. The number of carbonyl (C=O) groups excluding carboxylic acids is 1. The largest absolute Gasteiger partial charge is 0.393 e. The summed E-state index contributed by atoms with van der Waals surface area (Å²) in [7, 11) is 0. The van der Waals surface area contributed by atoms with Crippen LogP contribution >= 0.6 is 0 Å². The molecular formula is C16H22FNO2. The molecule has 2 rings (SSSR count). The Morgan fingerprint density at radius 3 is 2.50 bits per heavy atom. The van der Waals surface area contributed by atoms with Gasteiger partial charge in [-0.3, -0.25) is 4.79 Å². The molecule has 1 heterocycles. The van der Waals surface area contributed by atoms with E-state index < -0.39 is 0 Å². The highest BCUT2D eigenvalue weighted by molar-refractivity contribution is 6.00.